The number of carbonyl (C=O) groups is 2. The van der Waals surface area contributed by atoms with Gasteiger partial charge in [0.25, 0.3) is 10.0 Å². The fourth-order valence-corrected chi connectivity index (χ4v) is 5.46. The number of rotatable bonds is 13. The van der Waals surface area contributed by atoms with E-state index in [2.05, 4.69) is 5.32 Å². The predicted octanol–water partition coefficient (Wildman–Crippen LogP) is 3.84. The quantitative estimate of drug-likeness (QED) is 0.345. The molecule has 0 saturated carbocycles. The second-order valence-corrected chi connectivity index (χ2v) is 10.7. The molecule has 9 nitrogen and oxygen atoms in total. The minimum Gasteiger partial charge on any atom is -0.497 e. The smallest absolute Gasteiger partial charge is 0.264 e. The Hall–Kier alpha value is -4.05. The van der Waals surface area contributed by atoms with E-state index in [4.69, 9.17) is 9.47 Å². The Bertz CT molecular complexity index is 1360. The zero-order valence-corrected chi connectivity index (χ0v) is 23.5. The molecule has 0 heterocycles. The third-order valence-corrected chi connectivity index (χ3v) is 7.94. The van der Waals surface area contributed by atoms with Crippen molar-refractivity contribution in [3.05, 3.63) is 84.4 Å². The molecule has 0 aliphatic carbocycles. The standard InChI is InChI=1S/C29H35N3O6S/c1-5-18-30-29(34)22(2)31(20-23-12-11-13-24(19-23)37-3)28(33)21-32(26-16-9-10-17-27(26)38-4)39(35,36)25-14-7-6-8-15-25/h6-17,19,22H,5,18,20-21H2,1-4H3,(H,30,34)/t22-/m1/s1. The number of amides is 2. The molecule has 2 amide bonds. The van der Waals surface area contributed by atoms with Gasteiger partial charge in [0.1, 0.15) is 24.1 Å². The van der Waals surface area contributed by atoms with Crippen molar-refractivity contribution < 1.29 is 27.5 Å². The van der Waals surface area contributed by atoms with Crippen molar-refractivity contribution in [1.29, 1.82) is 0 Å². The molecule has 3 aromatic carbocycles. The SMILES string of the molecule is CCCNC(=O)[C@@H](C)N(Cc1cccc(OC)c1)C(=O)CN(c1ccccc1OC)S(=O)(=O)c1ccccc1. The van der Waals surface area contributed by atoms with E-state index in [1.165, 1.54) is 24.1 Å². The molecule has 0 aliphatic rings. The maximum Gasteiger partial charge on any atom is 0.264 e. The van der Waals surface area contributed by atoms with Gasteiger partial charge in [0.15, 0.2) is 0 Å². The summed E-state index contributed by atoms with van der Waals surface area (Å²) >= 11 is 0. The molecule has 0 aliphatic heterocycles. The minimum absolute atomic E-state index is 0.0248. The largest absolute Gasteiger partial charge is 0.497 e. The number of methoxy groups -OCH3 is 2. The third-order valence-electron chi connectivity index (χ3n) is 6.17. The van der Waals surface area contributed by atoms with E-state index in [1.807, 2.05) is 13.0 Å². The van der Waals surface area contributed by atoms with Crippen molar-refractivity contribution in [3.8, 4) is 11.5 Å². The van der Waals surface area contributed by atoms with Crippen LogP contribution in [0.3, 0.4) is 0 Å². The summed E-state index contributed by atoms with van der Waals surface area (Å²) in [5.74, 6) is 0.00779. The summed E-state index contributed by atoms with van der Waals surface area (Å²) in [7, 11) is -1.20. The summed E-state index contributed by atoms with van der Waals surface area (Å²) in [6, 6.07) is 20.8. The van der Waals surface area contributed by atoms with E-state index in [1.54, 1.807) is 74.7 Å². The monoisotopic (exact) mass is 553 g/mol. The summed E-state index contributed by atoms with van der Waals surface area (Å²) in [6.45, 7) is 3.54. The third kappa shape index (κ3) is 7.29. The second kappa shape index (κ2) is 13.7. The lowest BCUT2D eigenvalue weighted by atomic mass is 10.1. The number of nitrogens with one attached hydrogen (secondary N) is 1. The average molecular weight is 554 g/mol. The average Bonchev–Trinajstić information content (AvgIpc) is 2.97. The van der Waals surface area contributed by atoms with Crippen molar-refractivity contribution >= 4 is 27.5 Å². The summed E-state index contributed by atoms with van der Waals surface area (Å²) in [5, 5.41) is 2.83. The molecule has 39 heavy (non-hydrogen) atoms. The van der Waals surface area contributed by atoms with E-state index in [9.17, 15) is 18.0 Å². The van der Waals surface area contributed by atoms with Gasteiger partial charge in [-0.2, -0.15) is 0 Å². The molecule has 0 unspecified atom stereocenters. The maximum atomic E-state index is 14.0. The zero-order chi connectivity index (χ0) is 28.4. The second-order valence-electron chi connectivity index (χ2n) is 8.84. The first-order valence-electron chi connectivity index (χ1n) is 12.6. The molecule has 0 radical (unpaired) electrons. The molecule has 0 bridgehead atoms. The van der Waals surface area contributed by atoms with Crippen LogP contribution in [0.5, 0.6) is 11.5 Å². The van der Waals surface area contributed by atoms with Gasteiger partial charge in [-0.15, -0.1) is 0 Å². The molecule has 0 spiro atoms. The number of para-hydroxylation sites is 2. The van der Waals surface area contributed by atoms with Gasteiger partial charge < -0.3 is 19.7 Å². The Balaban J connectivity index is 2.05. The lowest BCUT2D eigenvalue weighted by molar-refractivity contribution is -0.139. The Morgan fingerprint density at radius 2 is 1.62 bits per heavy atom. The number of ether oxygens (including phenoxy) is 2. The van der Waals surface area contributed by atoms with Gasteiger partial charge in [0.2, 0.25) is 11.8 Å². The van der Waals surface area contributed by atoms with Crippen LogP contribution < -0.4 is 19.1 Å². The molecule has 3 rings (SSSR count). The Kier molecular flexibility index (Phi) is 10.3. The van der Waals surface area contributed by atoms with Crippen LogP contribution in [0.2, 0.25) is 0 Å². The van der Waals surface area contributed by atoms with Crippen LogP contribution in [-0.4, -0.2) is 58.5 Å². The van der Waals surface area contributed by atoms with Crippen molar-refractivity contribution in [1.82, 2.24) is 10.2 Å². The normalized spacial score (nSPS) is 11.8. The highest BCUT2D eigenvalue weighted by Gasteiger charge is 2.33. The highest BCUT2D eigenvalue weighted by molar-refractivity contribution is 7.92. The van der Waals surface area contributed by atoms with Crippen LogP contribution in [0.25, 0.3) is 0 Å². The Labute approximate surface area is 230 Å². The summed E-state index contributed by atoms with van der Waals surface area (Å²) in [5.41, 5.74) is 0.939. The Morgan fingerprint density at radius 1 is 0.923 bits per heavy atom. The van der Waals surface area contributed by atoms with Crippen molar-refractivity contribution in [2.75, 3.05) is 31.6 Å². The lowest BCUT2D eigenvalue weighted by Gasteiger charge is -2.32. The number of benzene rings is 3. The minimum atomic E-state index is -4.17. The van der Waals surface area contributed by atoms with Crippen LogP contribution in [0.1, 0.15) is 25.8 Å². The molecule has 3 aromatic rings. The highest BCUT2D eigenvalue weighted by atomic mass is 32.2. The number of anilines is 1. The van der Waals surface area contributed by atoms with E-state index in [-0.39, 0.29) is 28.8 Å². The number of carbonyl (C=O) groups excluding carboxylic acids is 2. The van der Waals surface area contributed by atoms with Crippen LogP contribution in [0.15, 0.2) is 83.8 Å². The predicted molar refractivity (Wildman–Crippen MR) is 150 cm³/mol. The van der Waals surface area contributed by atoms with Crippen LogP contribution in [0, 0.1) is 0 Å². The van der Waals surface area contributed by atoms with Gasteiger partial charge in [-0.3, -0.25) is 13.9 Å². The first kappa shape index (κ1) is 29.5. The number of sulfonamides is 1. The fraction of sp³-hybridized carbons (Fsp3) is 0.310. The summed E-state index contributed by atoms with van der Waals surface area (Å²) in [4.78, 5) is 28.3. The molecule has 1 N–H and O–H groups in total. The molecular formula is C29H35N3O6S. The van der Waals surface area contributed by atoms with Crippen molar-refractivity contribution in [2.24, 2.45) is 0 Å². The number of hydrogen-bond acceptors (Lipinski definition) is 6. The highest BCUT2D eigenvalue weighted by Crippen LogP contribution is 2.32. The summed E-state index contributed by atoms with van der Waals surface area (Å²) in [6.07, 6.45) is 0.735. The molecule has 0 saturated heterocycles. The first-order valence-corrected chi connectivity index (χ1v) is 14.1. The molecule has 0 fully saturated rings. The van der Waals surface area contributed by atoms with Gasteiger partial charge in [0.05, 0.1) is 24.8 Å². The maximum absolute atomic E-state index is 14.0. The van der Waals surface area contributed by atoms with Crippen molar-refractivity contribution in [2.45, 2.75) is 37.8 Å². The van der Waals surface area contributed by atoms with Gasteiger partial charge in [0, 0.05) is 13.1 Å². The molecule has 10 heteroatoms. The molecule has 208 valence electrons. The van der Waals surface area contributed by atoms with Crippen LogP contribution >= 0.6 is 0 Å². The van der Waals surface area contributed by atoms with Gasteiger partial charge in [-0.1, -0.05) is 49.4 Å². The van der Waals surface area contributed by atoms with Gasteiger partial charge in [-0.05, 0) is 55.3 Å². The fourth-order valence-electron chi connectivity index (χ4n) is 4.01. The Morgan fingerprint density at radius 3 is 2.28 bits per heavy atom. The van der Waals surface area contributed by atoms with Crippen LogP contribution in [0.4, 0.5) is 5.69 Å². The van der Waals surface area contributed by atoms with Gasteiger partial charge >= 0.3 is 0 Å². The van der Waals surface area contributed by atoms with E-state index in [0.29, 0.717) is 12.3 Å². The topological polar surface area (TPSA) is 105 Å². The van der Waals surface area contributed by atoms with E-state index < -0.39 is 28.5 Å². The van der Waals surface area contributed by atoms with Crippen LogP contribution in [-0.2, 0) is 26.2 Å². The lowest BCUT2D eigenvalue weighted by Crippen LogP contribution is -2.51. The molecular weight excluding hydrogens is 518 g/mol. The molecule has 1 atom stereocenters. The number of nitrogens with zero attached hydrogens (tertiary/aromatic N) is 2. The zero-order valence-electron chi connectivity index (χ0n) is 22.7. The van der Waals surface area contributed by atoms with E-state index in [0.717, 1.165) is 16.3 Å². The molecule has 0 aromatic heterocycles. The van der Waals surface area contributed by atoms with E-state index >= 15 is 0 Å². The van der Waals surface area contributed by atoms with Gasteiger partial charge in [-0.25, -0.2) is 8.42 Å². The van der Waals surface area contributed by atoms with Crippen molar-refractivity contribution in [3.63, 3.8) is 0 Å². The number of hydrogen-bond donors (Lipinski definition) is 1. The summed E-state index contributed by atoms with van der Waals surface area (Å²) < 4.78 is 39.5. The first-order chi connectivity index (χ1) is 18.7.